The van der Waals surface area contributed by atoms with Crippen LogP contribution < -0.4 is 5.32 Å². The van der Waals surface area contributed by atoms with Gasteiger partial charge in [0.1, 0.15) is 11.3 Å². The number of amides is 2. The highest BCUT2D eigenvalue weighted by atomic mass is 16.6. The van der Waals surface area contributed by atoms with Gasteiger partial charge in [-0.05, 0) is 41.7 Å². The van der Waals surface area contributed by atoms with Crippen molar-refractivity contribution >= 4 is 12.2 Å². The SMILES string of the molecule is CN(CCNC(=O)OC(C)(C)C)C[C@@H]1COC(C)(C)N1C(=O)O. The lowest BCUT2D eigenvalue weighted by Crippen LogP contribution is -2.51. The first-order valence-corrected chi connectivity index (χ1v) is 7.74. The van der Waals surface area contributed by atoms with Crippen LogP contribution in [0.5, 0.6) is 0 Å². The van der Waals surface area contributed by atoms with Crippen molar-refractivity contribution in [3.05, 3.63) is 0 Å². The number of rotatable bonds is 5. The summed E-state index contributed by atoms with van der Waals surface area (Å²) < 4.78 is 10.7. The topological polar surface area (TPSA) is 91.3 Å². The van der Waals surface area contributed by atoms with Crippen molar-refractivity contribution in [2.24, 2.45) is 0 Å². The van der Waals surface area contributed by atoms with Crippen molar-refractivity contribution in [2.45, 2.75) is 52.0 Å². The normalized spacial score (nSPS) is 20.7. The lowest BCUT2D eigenvalue weighted by Gasteiger charge is -2.32. The summed E-state index contributed by atoms with van der Waals surface area (Å²) in [5.41, 5.74) is -1.34. The molecule has 0 aromatic heterocycles. The number of carboxylic acid groups (broad SMARTS) is 1. The number of hydrogen-bond acceptors (Lipinski definition) is 5. The van der Waals surface area contributed by atoms with Crippen molar-refractivity contribution in [2.75, 3.05) is 33.3 Å². The first-order chi connectivity index (χ1) is 10.4. The average Bonchev–Trinajstić information content (AvgIpc) is 2.61. The number of likely N-dealkylation sites (N-methyl/N-ethyl adjacent to an activating group) is 1. The van der Waals surface area contributed by atoms with Gasteiger partial charge in [-0.25, -0.2) is 9.59 Å². The lowest BCUT2D eigenvalue weighted by molar-refractivity contribution is -0.0425. The Morgan fingerprint density at radius 1 is 1.43 bits per heavy atom. The minimum atomic E-state index is -0.988. The van der Waals surface area contributed by atoms with Gasteiger partial charge in [0, 0.05) is 19.6 Å². The Hall–Kier alpha value is -1.54. The summed E-state index contributed by atoms with van der Waals surface area (Å²) >= 11 is 0. The van der Waals surface area contributed by atoms with E-state index < -0.39 is 23.5 Å². The number of alkyl carbamates (subject to hydrolysis) is 1. The monoisotopic (exact) mass is 331 g/mol. The van der Waals surface area contributed by atoms with Crippen LogP contribution in [0.2, 0.25) is 0 Å². The van der Waals surface area contributed by atoms with Gasteiger partial charge in [-0.3, -0.25) is 4.90 Å². The van der Waals surface area contributed by atoms with Gasteiger partial charge in [-0.15, -0.1) is 0 Å². The van der Waals surface area contributed by atoms with Crippen molar-refractivity contribution in [3.8, 4) is 0 Å². The maximum atomic E-state index is 11.6. The molecule has 0 unspecified atom stereocenters. The van der Waals surface area contributed by atoms with Crippen LogP contribution in [0.15, 0.2) is 0 Å². The van der Waals surface area contributed by atoms with Crippen molar-refractivity contribution in [1.29, 1.82) is 0 Å². The van der Waals surface area contributed by atoms with E-state index in [1.807, 2.05) is 11.9 Å². The van der Waals surface area contributed by atoms with Gasteiger partial charge in [0.25, 0.3) is 0 Å². The average molecular weight is 331 g/mol. The molecule has 0 spiro atoms. The molecule has 0 bridgehead atoms. The van der Waals surface area contributed by atoms with Gasteiger partial charge in [-0.1, -0.05) is 0 Å². The standard InChI is InChI=1S/C15H29N3O5/c1-14(2,3)23-12(19)16-7-8-17(6)9-11-10-22-15(4,5)18(11)13(20)21/h11H,7-10H2,1-6H3,(H,16,19)(H,20,21)/t11-/m1/s1. The van der Waals surface area contributed by atoms with E-state index in [2.05, 4.69) is 5.32 Å². The second-order valence-electron chi connectivity index (χ2n) is 7.26. The predicted octanol–water partition coefficient (Wildman–Crippen LogP) is 1.56. The molecule has 134 valence electrons. The molecule has 0 saturated carbocycles. The van der Waals surface area contributed by atoms with Crippen LogP contribution in [-0.4, -0.2) is 77.7 Å². The van der Waals surface area contributed by atoms with Gasteiger partial charge in [-0.2, -0.15) is 0 Å². The number of carbonyl (C=O) groups is 2. The molecule has 8 nitrogen and oxygen atoms in total. The van der Waals surface area contributed by atoms with E-state index in [9.17, 15) is 14.7 Å². The molecule has 2 amide bonds. The molecule has 1 aliphatic heterocycles. The van der Waals surface area contributed by atoms with Gasteiger partial charge in [0.2, 0.25) is 0 Å². The smallest absolute Gasteiger partial charge is 0.409 e. The third kappa shape index (κ3) is 6.23. The second kappa shape index (κ2) is 7.35. The molecule has 1 aliphatic rings. The Morgan fingerprint density at radius 3 is 2.57 bits per heavy atom. The third-order valence-electron chi connectivity index (χ3n) is 3.46. The van der Waals surface area contributed by atoms with Crippen LogP contribution in [0.25, 0.3) is 0 Å². The Labute approximate surface area is 137 Å². The Morgan fingerprint density at radius 2 is 2.04 bits per heavy atom. The van der Waals surface area contributed by atoms with E-state index >= 15 is 0 Å². The quantitative estimate of drug-likeness (QED) is 0.794. The largest absolute Gasteiger partial charge is 0.465 e. The van der Waals surface area contributed by atoms with Crippen LogP contribution in [0.1, 0.15) is 34.6 Å². The van der Waals surface area contributed by atoms with Crippen LogP contribution in [-0.2, 0) is 9.47 Å². The Balaban J connectivity index is 2.38. The number of nitrogens with one attached hydrogen (secondary N) is 1. The fraction of sp³-hybridized carbons (Fsp3) is 0.867. The fourth-order valence-electron chi connectivity index (χ4n) is 2.52. The third-order valence-corrected chi connectivity index (χ3v) is 3.46. The number of ether oxygens (including phenoxy) is 2. The molecule has 0 radical (unpaired) electrons. The molecule has 1 fully saturated rings. The molecule has 1 rings (SSSR count). The maximum absolute atomic E-state index is 11.6. The highest BCUT2D eigenvalue weighted by Crippen LogP contribution is 2.27. The van der Waals surface area contributed by atoms with Crippen molar-refractivity contribution in [1.82, 2.24) is 15.1 Å². The van der Waals surface area contributed by atoms with E-state index in [0.29, 0.717) is 26.2 Å². The maximum Gasteiger partial charge on any atom is 0.409 e. The summed E-state index contributed by atoms with van der Waals surface area (Å²) in [6, 6.07) is -0.228. The van der Waals surface area contributed by atoms with Gasteiger partial charge < -0.3 is 24.8 Å². The molecule has 2 N–H and O–H groups in total. The molecule has 1 heterocycles. The summed E-state index contributed by atoms with van der Waals surface area (Å²) in [7, 11) is 1.88. The zero-order chi connectivity index (χ0) is 17.8. The first kappa shape index (κ1) is 19.5. The highest BCUT2D eigenvalue weighted by molar-refractivity contribution is 5.67. The molecular weight excluding hydrogens is 302 g/mol. The molecule has 23 heavy (non-hydrogen) atoms. The zero-order valence-electron chi connectivity index (χ0n) is 14.9. The summed E-state index contributed by atoms with van der Waals surface area (Å²) in [5, 5.41) is 12.0. The van der Waals surface area contributed by atoms with E-state index in [4.69, 9.17) is 9.47 Å². The van der Waals surface area contributed by atoms with Gasteiger partial charge in [0.15, 0.2) is 0 Å². The summed E-state index contributed by atoms with van der Waals surface area (Å²) in [6.07, 6.45) is -1.44. The molecule has 0 aliphatic carbocycles. The van der Waals surface area contributed by atoms with Crippen LogP contribution in [0, 0.1) is 0 Å². The number of carbonyl (C=O) groups excluding carboxylic acids is 1. The fourth-order valence-corrected chi connectivity index (χ4v) is 2.52. The minimum Gasteiger partial charge on any atom is -0.465 e. The number of nitrogens with zero attached hydrogens (tertiary/aromatic N) is 2. The molecule has 1 saturated heterocycles. The Bertz CT molecular complexity index is 433. The van der Waals surface area contributed by atoms with E-state index in [-0.39, 0.29) is 6.04 Å². The van der Waals surface area contributed by atoms with Crippen molar-refractivity contribution < 1.29 is 24.2 Å². The summed E-state index contributed by atoms with van der Waals surface area (Å²) in [4.78, 5) is 26.3. The number of hydrogen-bond donors (Lipinski definition) is 2. The van der Waals surface area contributed by atoms with E-state index in [1.165, 1.54) is 4.90 Å². The molecule has 0 aromatic carbocycles. The Kier molecular flexibility index (Phi) is 6.24. The molecule has 8 heteroatoms. The minimum absolute atomic E-state index is 0.228. The second-order valence-corrected chi connectivity index (χ2v) is 7.26. The molecule has 1 atom stereocenters. The predicted molar refractivity (Wildman–Crippen MR) is 85.4 cm³/mol. The van der Waals surface area contributed by atoms with E-state index in [1.54, 1.807) is 34.6 Å². The van der Waals surface area contributed by atoms with Gasteiger partial charge in [0.05, 0.1) is 12.6 Å². The zero-order valence-corrected chi connectivity index (χ0v) is 14.9. The van der Waals surface area contributed by atoms with Crippen LogP contribution in [0.4, 0.5) is 9.59 Å². The van der Waals surface area contributed by atoms with Gasteiger partial charge >= 0.3 is 12.2 Å². The van der Waals surface area contributed by atoms with Crippen LogP contribution >= 0.6 is 0 Å². The molecule has 0 aromatic rings. The first-order valence-electron chi connectivity index (χ1n) is 7.74. The highest BCUT2D eigenvalue weighted by Gasteiger charge is 2.44. The van der Waals surface area contributed by atoms with Crippen molar-refractivity contribution in [3.63, 3.8) is 0 Å². The molecular formula is C15H29N3O5. The van der Waals surface area contributed by atoms with E-state index in [0.717, 1.165) is 0 Å². The summed E-state index contributed by atoms with van der Waals surface area (Å²) in [5.74, 6) is 0. The summed E-state index contributed by atoms with van der Waals surface area (Å²) in [6.45, 7) is 10.8. The lowest BCUT2D eigenvalue weighted by atomic mass is 10.2. The van der Waals surface area contributed by atoms with Crippen LogP contribution in [0.3, 0.4) is 0 Å².